The van der Waals surface area contributed by atoms with Gasteiger partial charge in [-0.05, 0) is 70.9 Å². The van der Waals surface area contributed by atoms with E-state index >= 15 is 0 Å². The Morgan fingerprint density at radius 1 is 0.636 bits per heavy atom. The van der Waals surface area contributed by atoms with E-state index in [1.54, 1.807) is 6.07 Å². The van der Waals surface area contributed by atoms with Crippen molar-refractivity contribution >= 4 is 24.3 Å². The summed E-state index contributed by atoms with van der Waals surface area (Å²) in [6.07, 6.45) is 3.87. The molecule has 0 aliphatic heterocycles. The van der Waals surface area contributed by atoms with Gasteiger partial charge < -0.3 is 5.11 Å². The molecule has 0 radical (unpaired) electrons. The van der Waals surface area contributed by atoms with Gasteiger partial charge in [0, 0.05) is 29.2 Å². The van der Waals surface area contributed by atoms with E-state index < -0.39 is 8.07 Å². The number of phenols is 1. The zero-order chi connectivity index (χ0) is 30.3. The summed E-state index contributed by atoms with van der Waals surface area (Å²) in [7, 11) is -1.48. The van der Waals surface area contributed by atoms with Crippen LogP contribution in [0.4, 0.5) is 0 Å². The van der Waals surface area contributed by atoms with Crippen LogP contribution in [0.25, 0.3) is 61.8 Å². The normalized spacial score (nSPS) is 11.6. The van der Waals surface area contributed by atoms with Gasteiger partial charge in [-0.2, -0.15) is 0 Å². The molecule has 0 fully saturated rings. The fraction of sp³-hybridized carbons (Fsp3) is 0.0789. The predicted molar refractivity (Wildman–Crippen MR) is 183 cm³/mol. The lowest BCUT2D eigenvalue weighted by Crippen LogP contribution is -2.37. The average molecular weight is 589 g/mol. The summed E-state index contributed by atoms with van der Waals surface area (Å²) in [5.74, 6) is 0.831. The average Bonchev–Trinajstić information content (AvgIpc) is 3.45. The van der Waals surface area contributed by atoms with Gasteiger partial charge in [0.2, 0.25) is 0 Å². The number of hydrogen-bond acceptors (Lipinski definition) is 4. The zero-order valence-electron chi connectivity index (χ0n) is 24.9. The SMILES string of the molecule is C[Si](C)(C)c1ccc(-c2cc(-c3ccccc3)cc(-c3nccc4c3nc(-c3ccccc3O)n4-c3ccccc3)c2)nc1. The Kier molecular flexibility index (Phi) is 6.91. The van der Waals surface area contributed by atoms with Gasteiger partial charge in [-0.15, -0.1) is 0 Å². The molecule has 7 rings (SSSR count). The largest absolute Gasteiger partial charge is 0.507 e. The second kappa shape index (κ2) is 11.1. The van der Waals surface area contributed by atoms with E-state index in [1.807, 2.05) is 60.9 Å². The molecule has 3 aromatic heterocycles. The summed E-state index contributed by atoms with van der Waals surface area (Å²) in [6, 6.07) is 40.7. The third-order valence-electron chi connectivity index (χ3n) is 7.97. The van der Waals surface area contributed by atoms with Crippen molar-refractivity contribution in [3.05, 3.63) is 134 Å². The first-order chi connectivity index (χ1) is 21.4. The predicted octanol–water partition coefficient (Wildman–Crippen LogP) is 8.73. The number of rotatable bonds is 6. The van der Waals surface area contributed by atoms with Gasteiger partial charge in [0.05, 0.1) is 30.5 Å². The topological polar surface area (TPSA) is 63.8 Å². The van der Waals surface area contributed by atoms with Crippen molar-refractivity contribution in [1.29, 1.82) is 0 Å². The number of nitrogens with zero attached hydrogens (tertiary/aromatic N) is 4. The summed E-state index contributed by atoms with van der Waals surface area (Å²) < 4.78 is 2.09. The van der Waals surface area contributed by atoms with Gasteiger partial charge in [0.15, 0.2) is 0 Å². The van der Waals surface area contributed by atoms with Crippen molar-refractivity contribution in [3.63, 3.8) is 0 Å². The number of hydrogen-bond donors (Lipinski definition) is 1. The molecule has 3 heterocycles. The van der Waals surface area contributed by atoms with Crippen molar-refractivity contribution < 1.29 is 5.11 Å². The Labute approximate surface area is 258 Å². The van der Waals surface area contributed by atoms with Crippen LogP contribution in [0.3, 0.4) is 0 Å². The van der Waals surface area contributed by atoms with Gasteiger partial charge in [0.1, 0.15) is 17.1 Å². The lowest BCUT2D eigenvalue weighted by molar-refractivity contribution is 0.477. The zero-order valence-corrected chi connectivity index (χ0v) is 25.9. The van der Waals surface area contributed by atoms with E-state index in [0.717, 1.165) is 50.4 Å². The van der Waals surface area contributed by atoms with Crippen LogP contribution in [0.5, 0.6) is 5.75 Å². The second-order valence-corrected chi connectivity index (χ2v) is 17.1. The first-order valence-corrected chi connectivity index (χ1v) is 18.3. The van der Waals surface area contributed by atoms with Gasteiger partial charge in [0.25, 0.3) is 0 Å². The van der Waals surface area contributed by atoms with Gasteiger partial charge in [-0.3, -0.25) is 14.5 Å². The molecule has 0 saturated carbocycles. The van der Waals surface area contributed by atoms with Gasteiger partial charge >= 0.3 is 0 Å². The number of aromatic nitrogens is 4. The molecule has 0 amide bonds. The van der Waals surface area contributed by atoms with E-state index in [0.29, 0.717) is 11.4 Å². The molecule has 0 saturated heterocycles. The highest BCUT2D eigenvalue weighted by Crippen LogP contribution is 2.38. The van der Waals surface area contributed by atoms with Crippen LogP contribution in [0.2, 0.25) is 19.6 Å². The number of imidazole rings is 1. The molecule has 0 bridgehead atoms. The smallest absolute Gasteiger partial charge is 0.149 e. The molecule has 0 unspecified atom stereocenters. The number of aromatic hydroxyl groups is 1. The monoisotopic (exact) mass is 588 g/mol. The van der Waals surface area contributed by atoms with Crippen LogP contribution in [0.15, 0.2) is 134 Å². The summed E-state index contributed by atoms with van der Waals surface area (Å²) >= 11 is 0. The lowest BCUT2D eigenvalue weighted by Gasteiger charge is -2.16. The Bertz CT molecular complexity index is 2100. The molecule has 214 valence electrons. The van der Waals surface area contributed by atoms with Gasteiger partial charge in [-0.25, -0.2) is 4.98 Å². The summed E-state index contributed by atoms with van der Waals surface area (Å²) in [4.78, 5) is 15.0. The minimum Gasteiger partial charge on any atom is -0.507 e. The van der Waals surface area contributed by atoms with Crippen molar-refractivity contribution in [2.75, 3.05) is 0 Å². The standard InChI is InChI=1S/C38H32N4OSi/c1-44(2,3)31-18-19-33(40-25-31)28-22-27(26-12-6-4-7-13-26)23-29(24-28)36-37-34(20-21-39-36)42(30-14-8-5-9-15-30)38(41-37)32-16-10-11-17-35(32)43/h4-25,43H,1-3H3. The van der Waals surface area contributed by atoms with Crippen molar-refractivity contribution in [1.82, 2.24) is 19.5 Å². The Morgan fingerprint density at radius 3 is 2.02 bits per heavy atom. The number of pyridine rings is 2. The third kappa shape index (κ3) is 5.10. The maximum absolute atomic E-state index is 10.9. The number of fused-ring (bicyclic) bond motifs is 1. The third-order valence-corrected chi connectivity index (χ3v) is 10.00. The maximum Gasteiger partial charge on any atom is 0.149 e. The maximum atomic E-state index is 10.9. The van der Waals surface area contributed by atoms with Crippen molar-refractivity contribution in [3.8, 4) is 56.5 Å². The lowest BCUT2D eigenvalue weighted by atomic mass is 9.96. The molecule has 0 aliphatic rings. The van der Waals surface area contributed by atoms with Crippen molar-refractivity contribution in [2.24, 2.45) is 0 Å². The van der Waals surface area contributed by atoms with Gasteiger partial charge in [-0.1, -0.05) is 86.4 Å². The highest BCUT2D eigenvalue weighted by Gasteiger charge is 2.21. The molecule has 0 spiro atoms. The van der Waals surface area contributed by atoms with Crippen LogP contribution < -0.4 is 5.19 Å². The molecule has 4 aromatic carbocycles. The van der Waals surface area contributed by atoms with Crippen LogP contribution in [0, 0.1) is 0 Å². The molecule has 5 nitrogen and oxygen atoms in total. The molecule has 0 aliphatic carbocycles. The van der Waals surface area contributed by atoms with E-state index in [9.17, 15) is 5.11 Å². The van der Waals surface area contributed by atoms with E-state index in [-0.39, 0.29) is 5.75 Å². The van der Waals surface area contributed by atoms with E-state index in [1.165, 1.54) is 5.19 Å². The summed E-state index contributed by atoms with van der Waals surface area (Å²) in [5, 5.41) is 12.2. The number of phenolic OH excluding ortho intramolecular Hbond substituents is 1. The Balaban J connectivity index is 1.48. The van der Waals surface area contributed by atoms with E-state index in [2.05, 4.69) is 90.9 Å². The van der Waals surface area contributed by atoms with Crippen molar-refractivity contribution in [2.45, 2.75) is 19.6 Å². The van der Waals surface area contributed by atoms with Crippen LogP contribution in [-0.4, -0.2) is 32.7 Å². The first-order valence-electron chi connectivity index (χ1n) is 14.8. The second-order valence-electron chi connectivity index (χ2n) is 12.0. The molecule has 44 heavy (non-hydrogen) atoms. The molecule has 6 heteroatoms. The molecule has 0 atom stereocenters. The number of benzene rings is 4. The molecule has 7 aromatic rings. The first kappa shape index (κ1) is 27.5. The highest BCUT2D eigenvalue weighted by molar-refractivity contribution is 6.88. The molecular weight excluding hydrogens is 557 g/mol. The minimum absolute atomic E-state index is 0.177. The molecule has 1 N–H and O–H groups in total. The summed E-state index contributed by atoms with van der Waals surface area (Å²) in [5.41, 5.74) is 9.13. The fourth-order valence-electron chi connectivity index (χ4n) is 5.62. The van der Waals surface area contributed by atoms with Crippen LogP contribution >= 0.6 is 0 Å². The van der Waals surface area contributed by atoms with E-state index in [4.69, 9.17) is 15.0 Å². The van der Waals surface area contributed by atoms with Crippen LogP contribution in [0.1, 0.15) is 0 Å². The summed E-state index contributed by atoms with van der Waals surface area (Å²) in [6.45, 7) is 7.01. The fourth-order valence-corrected chi connectivity index (χ4v) is 6.65. The number of para-hydroxylation sites is 2. The van der Waals surface area contributed by atoms with Crippen LogP contribution in [-0.2, 0) is 0 Å². The highest BCUT2D eigenvalue weighted by atomic mass is 28.3. The molecular formula is C38H32N4OSi. The minimum atomic E-state index is -1.48. The Morgan fingerprint density at radius 2 is 1.32 bits per heavy atom. The quantitative estimate of drug-likeness (QED) is 0.197. The Hall–Kier alpha value is -5.33.